The van der Waals surface area contributed by atoms with Crippen LogP contribution >= 0.6 is 0 Å². The summed E-state index contributed by atoms with van der Waals surface area (Å²) in [4.78, 5) is 0. The second-order valence-corrected chi connectivity index (χ2v) is 11.6. The van der Waals surface area contributed by atoms with Gasteiger partial charge in [0.2, 0.25) is 0 Å². The molecule has 3 aromatic carbocycles. The molecule has 200 valence electrons. The van der Waals surface area contributed by atoms with Crippen LogP contribution in [0.1, 0.15) is 82.8 Å². The van der Waals surface area contributed by atoms with Crippen molar-refractivity contribution in [3.63, 3.8) is 0 Å². The quantitative estimate of drug-likeness (QED) is 0.293. The fourth-order valence-corrected chi connectivity index (χ4v) is 6.45. The van der Waals surface area contributed by atoms with Gasteiger partial charge >= 0.3 is 0 Å². The smallest absolute Gasteiger partial charge is 0.166 e. The number of aryl methyl sites for hydroxylation is 1. The SMILES string of the molecule is CCCCc1ccc(-c2ccc(-c3ccc(C4=CCC(C5CCC(C)CC5)CC4)cc3F)cc2)c(F)c1F. The van der Waals surface area contributed by atoms with Crippen LogP contribution < -0.4 is 0 Å². The first-order valence-electron chi connectivity index (χ1n) is 14.5. The van der Waals surface area contributed by atoms with Crippen LogP contribution in [0.15, 0.2) is 60.7 Å². The van der Waals surface area contributed by atoms with Gasteiger partial charge in [-0.2, -0.15) is 0 Å². The predicted octanol–water partition coefficient (Wildman–Crippen LogP) is 10.8. The average Bonchev–Trinajstić information content (AvgIpc) is 2.94. The Morgan fingerprint density at radius 2 is 1.37 bits per heavy atom. The zero-order valence-electron chi connectivity index (χ0n) is 22.7. The van der Waals surface area contributed by atoms with Crippen LogP contribution in [0.4, 0.5) is 13.2 Å². The number of allylic oxidation sites excluding steroid dienone is 2. The van der Waals surface area contributed by atoms with Crippen LogP contribution in [0.3, 0.4) is 0 Å². The third kappa shape index (κ3) is 5.77. The molecule has 5 rings (SSSR count). The number of benzene rings is 3. The Morgan fingerprint density at radius 3 is 2.00 bits per heavy atom. The van der Waals surface area contributed by atoms with Crippen LogP contribution in [-0.4, -0.2) is 0 Å². The minimum absolute atomic E-state index is 0.232. The Balaban J connectivity index is 1.28. The molecule has 0 saturated heterocycles. The van der Waals surface area contributed by atoms with Crippen molar-refractivity contribution in [1.82, 2.24) is 0 Å². The van der Waals surface area contributed by atoms with Crippen molar-refractivity contribution in [2.75, 3.05) is 0 Å². The fraction of sp³-hybridized carbons (Fsp3) is 0.429. The van der Waals surface area contributed by atoms with Gasteiger partial charge in [-0.1, -0.05) is 87.7 Å². The molecule has 2 aliphatic carbocycles. The third-order valence-electron chi connectivity index (χ3n) is 8.99. The molecule has 1 saturated carbocycles. The van der Waals surface area contributed by atoms with Crippen molar-refractivity contribution in [1.29, 1.82) is 0 Å². The van der Waals surface area contributed by atoms with Gasteiger partial charge in [-0.05, 0) is 96.6 Å². The van der Waals surface area contributed by atoms with Crippen LogP contribution in [0.2, 0.25) is 0 Å². The van der Waals surface area contributed by atoms with Crippen molar-refractivity contribution < 1.29 is 13.2 Å². The molecule has 0 amide bonds. The Kier molecular flexibility index (Phi) is 8.41. The summed E-state index contributed by atoms with van der Waals surface area (Å²) >= 11 is 0. The molecular weight excluding hydrogens is 477 g/mol. The molecule has 0 radical (unpaired) electrons. The van der Waals surface area contributed by atoms with E-state index < -0.39 is 11.6 Å². The number of halogens is 3. The number of hydrogen-bond acceptors (Lipinski definition) is 0. The van der Waals surface area contributed by atoms with E-state index in [0.29, 0.717) is 23.1 Å². The van der Waals surface area contributed by atoms with E-state index in [9.17, 15) is 8.78 Å². The maximum atomic E-state index is 15.2. The summed E-state index contributed by atoms with van der Waals surface area (Å²) in [5.41, 5.74) is 4.70. The molecule has 2 aliphatic rings. The second-order valence-electron chi connectivity index (χ2n) is 11.6. The Labute approximate surface area is 226 Å². The molecule has 1 atom stereocenters. The summed E-state index contributed by atoms with van der Waals surface area (Å²) in [7, 11) is 0. The molecule has 3 heteroatoms. The van der Waals surface area contributed by atoms with Crippen molar-refractivity contribution in [3.8, 4) is 22.3 Å². The summed E-state index contributed by atoms with van der Waals surface area (Å²) in [5, 5.41) is 0. The summed E-state index contributed by atoms with van der Waals surface area (Å²) in [6.45, 7) is 4.40. The Hall–Kier alpha value is -2.81. The lowest BCUT2D eigenvalue weighted by molar-refractivity contribution is 0.202. The van der Waals surface area contributed by atoms with E-state index in [1.807, 2.05) is 19.1 Å². The van der Waals surface area contributed by atoms with Gasteiger partial charge in [0.1, 0.15) is 5.82 Å². The molecule has 0 heterocycles. The lowest BCUT2D eigenvalue weighted by Gasteiger charge is -2.34. The topological polar surface area (TPSA) is 0 Å². The molecule has 0 N–H and O–H groups in total. The molecule has 0 bridgehead atoms. The molecule has 1 unspecified atom stereocenters. The second kappa shape index (κ2) is 11.9. The lowest BCUT2D eigenvalue weighted by Crippen LogP contribution is -2.22. The fourth-order valence-electron chi connectivity index (χ4n) is 6.45. The molecule has 38 heavy (non-hydrogen) atoms. The zero-order valence-corrected chi connectivity index (χ0v) is 22.7. The highest BCUT2D eigenvalue weighted by Crippen LogP contribution is 2.41. The zero-order chi connectivity index (χ0) is 26.6. The minimum atomic E-state index is -0.817. The Bertz CT molecular complexity index is 1280. The first kappa shape index (κ1) is 26.8. The van der Waals surface area contributed by atoms with Gasteiger partial charge in [0.15, 0.2) is 11.6 Å². The van der Waals surface area contributed by atoms with Crippen molar-refractivity contribution in [2.45, 2.75) is 78.1 Å². The van der Waals surface area contributed by atoms with E-state index in [2.05, 4.69) is 13.0 Å². The maximum absolute atomic E-state index is 15.2. The predicted molar refractivity (Wildman–Crippen MR) is 152 cm³/mol. The molecular formula is C35H39F3. The maximum Gasteiger partial charge on any atom is 0.166 e. The van der Waals surface area contributed by atoms with E-state index in [4.69, 9.17) is 0 Å². The molecule has 3 aromatic rings. The van der Waals surface area contributed by atoms with Gasteiger partial charge in [-0.25, -0.2) is 13.2 Å². The highest BCUT2D eigenvalue weighted by atomic mass is 19.2. The highest BCUT2D eigenvalue weighted by Gasteiger charge is 2.27. The Morgan fingerprint density at radius 1 is 0.711 bits per heavy atom. The average molecular weight is 517 g/mol. The molecule has 1 fully saturated rings. The van der Waals surface area contributed by atoms with Crippen molar-refractivity contribution in [3.05, 3.63) is 89.3 Å². The van der Waals surface area contributed by atoms with Crippen molar-refractivity contribution in [2.24, 2.45) is 17.8 Å². The van der Waals surface area contributed by atoms with Gasteiger partial charge in [0, 0.05) is 11.1 Å². The molecule has 0 spiro atoms. The van der Waals surface area contributed by atoms with Crippen LogP contribution in [-0.2, 0) is 6.42 Å². The normalized spacial score (nSPS) is 21.8. The number of rotatable bonds is 7. The monoisotopic (exact) mass is 516 g/mol. The first-order valence-corrected chi connectivity index (χ1v) is 14.5. The van der Waals surface area contributed by atoms with Crippen molar-refractivity contribution >= 4 is 5.57 Å². The largest absolute Gasteiger partial charge is 0.206 e. The number of hydrogen-bond donors (Lipinski definition) is 0. The third-order valence-corrected chi connectivity index (χ3v) is 8.99. The van der Waals surface area contributed by atoms with Crippen LogP contribution in [0, 0.1) is 35.2 Å². The van der Waals surface area contributed by atoms with E-state index >= 15 is 4.39 Å². The lowest BCUT2D eigenvalue weighted by atomic mass is 9.71. The number of unbranched alkanes of at least 4 members (excludes halogenated alkanes) is 1. The first-order chi connectivity index (χ1) is 18.4. The minimum Gasteiger partial charge on any atom is -0.206 e. The summed E-state index contributed by atoms with van der Waals surface area (Å²) in [6, 6.07) is 15.9. The van der Waals surface area contributed by atoms with Crippen LogP contribution in [0.25, 0.3) is 27.8 Å². The van der Waals surface area contributed by atoms with E-state index in [1.54, 1.807) is 42.5 Å². The molecule has 0 aliphatic heterocycles. The van der Waals surface area contributed by atoms with Crippen LogP contribution in [0.5, 0.6) is 0 Å². The van der Waals surface area contributed by atoms with Gasteiger partial charge < -0.3 is 0 Å². The van der Waals surface area contributed by atoms with Gasteiger partial charge in [0.05, 0.1) is 0 Å². The standard InChI is InChI=1S/C35H39F3/c1-3-4-5-29-18-21-32(35(38)34(29)37)28-16-14-27(15-17-28)31-20-19-30(22-33(31)36)26-12-10-25(11-13-26)24-8-6-23(2)7-9-24/h12,14-25H,3-11,13H2,1-2H3. The van der Waals surface area contributed by atoms with E-state index in [-0.39, 0.29) is 11.4 Å². The van der Waals surface area contributed by atoms with E-state index in [1.165, 1.54) is 37.7 Å². The summed E-state index contributed by atoms with van der Waals surface area (Å²) in [5.74, 6) is 0.678. The van der Waals surface area contributed by atoms with Gasteiger partial charge in [0.25, 0.3) is 0 Å². The van der Waals surface area contributed by atoms with Gasteiger partial charge in [-0.3, -0.25) is 0 Å². The van der Waals surface area contributed by atoms with E-state index in [0.717, 1.165) is 54.6 Å². The molecule has 0 nitrogen and oxygen atoms in total. The molecule has 0 aromatic heterocycles. The highest BCUT2D eigenvalue weighted by molar-refractivity contribution is 5.74. The summed E-state index contributed by atoms with van der Waals surface area (Å²) in [6.07, 6.45) is 13.4. The van der Waals surface area contributed by atoms with Gasteiger partial charge in [-0.15, -0.1) is 0 Å². The summed E-state index contributed by atoms with van der Waals surface area (Å²) < 4.78 is 44.6.